The van der Waals surface area contributed by atoms with Crippen LogP contribution in [0.3, 0.4) is 0 Å². The predicted octanol–water partition coefficient (Wildman–Crippen LogP) is 5.66. The van der Waals surface area contributed by atoms with Gasteiger partial charge in [0, 0.05) is 17.3 Å². The number of ether oxygens (including phenoxy) is 2. The number of aryl methyl sites for hydroxylation is 1. The maximum Gasteiger partial charge on any atom is 0.259 e. The van der Waals surface area contributed by atoms with Crippen molar-refractivity contribution in [3.8, 4) is 11.5 Å². The summed E-state index contributed by atoms with van der Waals surface area (Å²) in [6.07, 6.45) is 3.93. The second kappa shape index (κ2) is 10.6. The first kappa shape index (κ1) is 24.8. The first-order valence-corrected chi connectivity index (χ1v) is 12.8. The molecule has 1 fully saturated rings. The molecule has 37 heavy (non-hydrogen) atoms. The Morgan fingerprint density at radius 2 is 1.65 bits per heavy atom. The Balaban J connectivity index is 1.63. The number of carbonyl (C=O) groups excluding carboxylic acids is 2. The van der Waals surface area contributed by atoms with Gasteiger partial charge in [0.1, 0.15) is 25.1 Å². The van der Waals surface area contributed by atoms with Crippen molar-refractivity contribution in [3.63, 3.8) is 0 Å². The van der Waals surface area contributed by atoms with Crippen molar-refractivity contribution in [2.24, 2.45) is 0 Å². The van der Waals surface area contributed by atoms with Gasteiger partial charge >= 0.3 is 0 Å². The van der Waals surface area contributed by atoms with E-state index in [1.807, 2.05) is 32.0 Å². The Bertz CT molecular complexity index is 1300. The van der Waals surface area contributed by atoms with Crippen LogP contribution in [0.5, 0.6) is 11.5 Å². The van der Waals surface area contributed by atoms with Crippen LogP contribution in [0.4, 0.5) is 10.1 Å². The van der Waals surface area contributed by atoms with E-state index in [1.165, 1.54) is 17.0 Å². The molecule has 0 spiro atoms. The minimum Gasteiger partial charge on any atom is -0.486 e. The first-order valence-electron chi connectivity index (χ1n) is 12.8. The fourth-order valence-electron chi connectivity index (χ4n) is 5.09. The van der Waals surface area contributed by atoms with E-state index in [4.69, 9.17) is 9.47 Å². The summed E-state index contributed by atoms with van der Waals surface area (Å²) in [5.41, 5.74) is 3.39. The van der Waals surface area contributed by atoms with Crippen molar-refractivity contribution in [2.45, 2.75) is 51.6 Å². The number of hydrogen-bond donors (Lipinski definition) is 1. The molecule has 1 atom stereocenters. The molecule has 5 rings (SSSR count). The summed E-state index contributed by atoms with van der Waals surface area (Å²) in [4.78, 5) is 29.7. The van der Waals surface area contributed by atoms with Crippen LogP contribution in [-0.4, -0.2) is 31.1 Å². The molecule has 1 saturated carbocycles. The zero-order chi connectivity index (χ0) is 25.9. The third kappa shape index (κ3) is 5.17. The molecule has 1 N–H and O–H groups in total. The molecule has 1 aliphatic carbocycles. The number of halogens is 1. The van der Waals surface area contributed by atoms with Crippen LogP contribution in [0.15, 0.2) is 60.7 Å². The number of nitrogens with zero attached hydrogens (tertiary/aromatic N) is 1. The number of rotatable bonds is 6. The van der Waals surface area contributed by atoms with E-state index in [0.29, 0.717) is 41.5 Å². The molecule has 0 aromatic heterocycles. The normalized spacial score (nSPS) is 15.8. The Kier molecular flexibility index (Phi) is 7.12. The summed E-state index contributed by atoms with van der Waals surface area (Å²) in [5.74, 6) is 0.0175. The van der Waals surface area contributed by atoms with Crippen molar-refractivity contribution >= 4 is 17.5 Å². The number of nitrogens with one attached hydrogen (secondary N) is 1. The summed E-state index contributed by atoms with van der Waals surface area (Å²) >= 11 is 0. The van der Waals surface area contributed by atoms with Gasteiger partial charge in [-0.15, -0.1) is 0 Å². The van der Waals surface area contributed by atoms with E-state index in [9.17, 15) is 14.0 Å². The average molecular weight is 503 g/mol. The van der Waals surface area contributed by atoms with Gasteiger partial charge in [0.15, 0.2) is 11.5 Å². The largest absolute Gasteiger partial charge is 0.486 e. The average Bonchev–Trinajstić information content (AvgIpc) is 3.42. The van der Waals surface area contributed by atoms with Crippen LogP contribution in [0.2, 0.25) is 0 Å². The standard InChI is InChI=1S/C30H31FN2O4/c1-19-6-5-9-25(20(19)2)33(30(35)22-12-15-26-27(18-22)37-17-16-36-26)28(21-10-13-23(31)14-11-21)29(34)32-24-7-3-4-8-24/h5-6,9-15,18,24,28H,3-4,7-8,16-17H2,1-2H3,(H,32,34)/t28-/m0/s1. The summed E-state index contributed by atoms with van der Waals surface area (Å²) in [7, 11) is 0. The monoisotopic (exact) mass is 502 g/mol. The van der Waals surface area contributed by atoms with Crippen molar-refractivity contribution in [3.05, 3.63) is 88.7 Å². The van der Waals surface area contributed by atoms with E-state index in [0.717, 1.165) is 36.8 Å². The molecular formula is C30H31FN2O4. The van der Waals surface area contributed by atoms with E-state index >= 15 is 0 Å². The molecule has 1 aliphatic heterocycles. The lowest BCUT2D eigenvalue weighted by molar-refractivity contribution is -0.123. The van der Waals surface area contributed by atoms with Gasteiger partial charge in [-0.1, -0.05) is 37.1 Å². The van der Waals surface area contributed by atoms with E-state index in [-0.39, 0.29) is 17.9 Å². The summed E-state index contributed by atoms with van der Waals surface area (Å²) in [6.45, 7) is 4.75. The van der Waals surface area contributed by atoms with Gasteiger partial charge < -0.3 is 14.8 Å². The lowest BCUT2D eigenvalue weighted by Gasteiger charge is -2.34. The highest BCUT2D eigenvalue weighted by Gasteiger charge is 2.36. The van der Waals surface area contributed by atoms with Crippen LogP contribution in [-0.2, 0) is 4.79 Å². The van der Waals surface area contributed by atoms with E-state index in [2.05, 4.69) is 5.32 Å². The second-order valence-corrected chi connectivity index (χ2v) is 9.70. The topological polar surface area (TPSA) is 67.9 Å². The van der Waals surface area contributed by atoms with Gasteiger partial charge in [-0.25, -0.2) is 4.39 Å². The Morgan fingerprint density at radius 1 is 0.946 bits per heavy atom. The van der Waals surface area contributed by atoms with Crippen molar-refractivity contribution in [1.29, 1.82) is 0 Å². The van der Waals surface area contributed by atoms with Gasteiger partial charge in [-0.05, 0) is 79.8 Å². The highest BCUT2D eigenvalue weighted by molar-refractivity contribution is 6.11. The summed E-state index contributed by atoms with van der Waals surface area (Å²) < 4.78 is 25.2. The van der Waals surface area contributed by atoms with Crippen LogP contribution in [0, 0.1) is 19.7 Å². The molecule has 3 aromatic carbocycles. The number of benzene rings is 3. The highest BCUT2D eigenvalue weighted by Crippen LogP contribution is 2.36. The first-order chi connectivity index (χ1) is 17.9. The summed E-state index contributed by atoms with van der Waals surface area (Å²) in [5, 5.41) is 3.16. The number of hydrogen-bond acceptors (Lipinski definition) is 4. The molecule has 7 heteroatoms. The van der Waals surface area contributed by atoms with Gasteiger partial charge in [-0.2, -0.15) is 0 Å². The molecular weight excluding hydrogens is 471 g/mol. The van der Waals surface area contributed by atoms with Gasteiger partial charge in [0.25, 0.3) is 5.91 Å². The minimum atomic E-state index is -0.998. The van der Waals surface area contributed by atoms with Crippen molar-refractivity contribution in [1.82, 2.24) is 5.32 Å². The Labute approximate surface area is 216 Å². The van der Waals surface area contributed by atoms with Crippen LogP contribution in [0.1, 0.15) is 58.8 Å². The zero-order valence-electron chi connectivity index (χ0n) is 21.1. The van der Waals surface area contributed by atoms with Crippen LogP contribution >= 0.6 is 0 Å². The minimum absolute atomic E-state index is 0.0558. The van der Waals surface area contributed by atoms with Gasteiger partial charge in [0.2, 0.25) is 5.91 Å². The third-order valence-corrected chi connectivity index (χ3v) is 7.24. The smallest absolute Gasteiger partial charge is 0.259 e. The summed E-state index contributed by atoms with van der Waals surface area (Å²) in [6, 6.07) is 15.6. The van der Waals surface area contributed by atoms with E-state index < -0.39 is 11.9 Å². The Morgan fingerprint density at radius 3 is 2.38 bits per heavy atom. The van der Waals surface area contributed by atoms with E-state index in [1.54, 1.807) is 30.3 Å². The van der Waals surface area contributed by atoms with Gasteiger partial charge in [0.05, 0.1) is 0 Å². The number of carbonyl (C=O) groups is 2. The van der Waals surface area contributed by atoms with Crippen molar-refractivity contribution in [2.75, 3.05) is 18.1 Å². The van der Waals surface area contributed by atoms with Gasteiger partial charge in [-0.3, -0.25) is 14.5 Å². The number of anilines is 1. The zero-order valence-corrected chi connectivity index (χ0v) is 21.1. The Hall–Kier alpha value is -3.87. The maximum absolute atomic E-state index is 14.3. The molecule has 0 unspecified atom stereocenters. The highest BCUT2D eigenvalue weighted by atomic mass is 19.1. The predicted molar refractivity (Wildman–Crippen MR) is 140 cm³/mol. The molecule has 3 aromatic rings. The molecule has 0 bridgehead atoms. The second-order valence-electron chi connectivity index (χ2n) is 9.70. The molecule has 6 nitrogen and oxygen atoms in total. The SMILES string of the molecule is Cc1cccc(N(C(=O)c2ccc3c(c2)OCCO3)[C@H](C(=O)NC2CCCC2)c2ccc(F)cc2)c1C. The fraction of sp³-hybridized carbons (Fsp3) is 0.333. The van der Waals surface area contributed by atoms with Crippen LogP contribution < -0.4 is 19.7 Å². The quantitative estimate of drug-likeness (QED) is 0.472. The molecule has 2 amide bonds. The molecule has 0 radical (unpaired) electrons. The lowest BCUT2D eigenvalue weighted by Crippen LogP contribution is -2.46. The third-order valence-electron chi connectivity index (χ3n) is 7.24. The molecule has 2 aliphatic rings. The maximum atomic E-state index is 14.3. The molecule has 1 heterocycles. The lowest BCUT2D eigenvalue weighted by atomic mass is 9.98. The fourth-order valence-corrected chi connectivity index (χ4v) is 5.09. The number of amides is 2. The number of fused-ring (bicyclic) bond motifs is 1. The van der Waals surface area contributed by atoms with Crippen molar-refractivity contribution < 1.29 is 23.5 Å². The molecule has 0 saturated heterocycles. The van der Waals surface area contributed by atoms with Crippen LogP contribution in [0.25, 0.3) is 0 Å². The molecule has 192 valence electrons.